The normalized spacial score (nSPS) is 41.5. The number of allylic oxidation sites excluding steroid dienone is 2. The Balaban J connectivity index is 1.10. The van der Waals surface area contributed by atoms with Gasteiger partial charge in [0.1, 0.15) is 0 Å². The van der Waals surface area contributed by atoms with E-state index in [0.717, 1.165) is 50.7 Å². The molecule has 1 saturated heterocycles. The van der Waals surface area contributed by atoms with Crippen molar-refractivity contribution in [3.05, 3.63) is 41.5 Å². The average Bonchev–Trinajstić information content (AvgIpc) is 3.71. The topological polar surface area (TPSA) is 98.7 Å². The smallest absolute Gasteiger partial charge is 0.335 e. The van der Waals surface area contributed by atoms with Crippen LogP contribution in [0.1, 0.15) is 135 Å². The highest BCUT2D eigenvalue weighted by atomic mass is 32.2. The van der Waals surface area contributed by atoms with Crippen molar-refractivity contribution < 1.29 is 18.3 Å². The number of carbonyl (C=O) groups is 1. The highest BCUT2D eigenvalue weighted by Crippen LogP contribution is 2.76. The number of fused-ring (bicyclic) bond motifs is 7. The summed E-state index contributed by atoms with van der Waals surface area (Å²) in [6.07, 6.45) is 17.3. The molecule has 290 valence electrons. The molecule has 5 aliphatic carbocycles. The predicted molar refractivity (Wildman–Crippen MR) is 211 cm³/mol. The highest BCUT2D eigenvalue weighted by molar-refractivity contribution is 7.88. The molecule has 5 fully saturated rings. The van der Waals surface area contributed by atoms with Gasteiger partial charge < -0.3 is 15.7 Å². The fourth-order valence-corrected chi connectivity index (χ4v) is 15.9. The van der Waals surface area contributed by atoms with Gasteiger partial charge in [-0.2, -0.15) is 4.31 Å². The largest absolute Gasteiger partial charge is 0.478 e. The lowest BCUT2D eigenvalue weighted by molar-refractivity contribution is -0.221. The number of nitrogens with one attached hydrogen (secondary N) is 2. The summed E-state index contributed by atoms with van der Waals surface area (Å²) in [6.45, 7) is 21.2. The Morgan fingerprint density at radius 2 is 1.63 bits per heavy atom. The van der Waals surface area contributed by atoms with Gasteiger partial charge in [-0.15, -0.1) is 0 Å². The molecule has 10 atom stereocenters. The molecular formula is C44H69N3O4S. The van der Waals surface area contributed by atoms with Crippen LogP contribution in [0.5, 0.6) is 0 Å². The van der Waals surface area contributed by atoms with Crippen molar-refractivity contribution in [2.75, 3.05) is 32.4 Å². The first-order valence-corrected chi connectivity index (χ1v) is 22.7. The number of sulfonamides is 1. The van der Waals surface area contributed by atoms with E-state index in [9.17, 15) is 18.3 Å². The number of carboxylic acid groups (broad SMARTS) is 1. The van der Waals surface area contributed by atoms with E-state index in [4.69, 9.17) is 0 Å². The molecule has 1 aromatic carbocycles. The minimum absolute atomic E-state index is 0.0194. The van der Waals surface area contributed by atoms with E-state index in [1.807, 2.05) is 12.1 Å². The van der Waals surface area contributed by atoms with E-state index < -0.39 is 16.0 Å². The standard InChI is InChI=1S/C44H69N3O4S/c1-29(2)33-17-22-44(46-26-25-45-28-32-10-9-27-47(32)52(8,50)51)24-23-42(6)35(38(33)44)15-16-37-41(5)20-18-34(30-11-13-31(14-12-30)39(48)49)40(3,4)36(41)19-21-43(37,42)7/h11-14,18,29,32-33,35-38,45-46H,9-10,15-17,19-28H2,1-8H3,(H,48,49)/t32-,33-,35+,36?,37?,38?,41-,42+,43+,44-/m0/s1. The summed E-state index contributed by atoms with van der Waals surface area (Å²) in [4.78, 5) is 11.6. The van der Waals surface area contributed by atoms with Crippen molar-refractivity contribution in [1.82, 2.24) is 14.9 Å². The van der Waals surface area contributed by atoms with Gasteiger partial charge in [-0.1, -0.05) is 66.7 Å². The summed E-state index contributed by atoms with van der Waals surface area (Å²) in [6, 6.07) is 7.70. The summed E-state index contributed by atoms with van der Waals surface area (Å²) in [5, 5.41) is 17.4. The first kappa shape index (κ1) is 38.5. The SMILES string of the molecule is CC(C)[C@@H]1CC[C@]2(NCCNC[C@@H]3CCCN3S(C)(=O)=O)CC[C@]3(C)[C@H](CCC4[C@@]5(C)CC=C(c6ccc(C(=O)O)cc6)C(C)(C)C5CC[C@]43C)C12. The van der Waals surface area contributed by atoms with Crippen molar-refractivity contribution in [3.63, 3.8) is 0 Å². The van der Waals surface area contributed by atoms with Gasteiger partial charge >= 0.3 is 5.97 Å². The van der Waals surface area contributed by atoms with Gasteiger partial charge in [0, 0.05) is 37.8 Å². The number of rotatable bonds is 10. The molecule has 6 aliphatic rings. The van der Waals surface area contributed by atoms with Gasteiger partial charge in [-0.3, -0.25) is 0 Å². The number of benzene rings is 1. The van der Waals surface area contributed by atoms with E-state index in [1.54, 1.807) is 16.4 Å². The second-order valence-corrected chi connectivity index (χ2v) is 22.0. The second kappa shape index (κ2) is 13.5. The summed E-state index contributed by atoms with van der Waals surface area (Å²) >= 11 is 0. The molecule has 3 N–H and O–H groups in total. The Kier molecular flexibility index (Phi) is 9.99. The number of hydrogen-bond acceptors (Lipinski definition) is 5. The van der Waals surface area contributed by atoms with Crippen molar-refractivity contribution in [2.45, 2.75) is 131 Å². The summed E-state index contributed by atoms with van der Waals surface area (Å²) in [5.41, 5.74) is 4.02. The van der Waals surface area contributed by atoms with Gasteiger partial charge in [0.05, 0.1) is 11.8 Å². The Hall–Kier alpha value is -1.74. The van der Waals surface area contributed by atoms with E-state index in [0.29, 0.717) is 46.6 Å². The molecule has 0 spiro atoms. The average molecular weight is 736 g/mol. The zero-order valence-electron chi connectivity index (χ0n) is 33.6. The summed E-state index contributed by atoms with van der Waals surface area (Å²) < 4.78 is 26.3. The van der Waals surface area contributed by atoms with Crippen LogP contribution in [0.25, 0.3) is 5.57 Å². The quantitative estimate of drug-likeness (QED) is 0.209. The Bertz CT molecular complexity index is 1650. The van der Waals surface area contributed by atoms with E-state index in [2.05, 4.69) is 65.2 Å². The van der Waals surface area contributed by atoms with Gasteiger partial charge in [-0.25, -0.2) is 13.2 Å². The lowest BCUT2D eigenvalue weighted by Gasteiger charge is -2.72. The minimum atomic E-state index is -3.15. The van der Waals surface area contributed by atoms with Gasteiger partial charge in [0.15, 0.2) is 0 Å². The van der Waals surface area contributed by atoms with E-state index in [1.165, 1.54) is 68.8 Å². The van der Waals surface area contributed by atoms with Gasteiger partial charge in [0.2, 0.25) is 10.0 Å². The summed E-state index contributed by atoms with van der Waals surface area (Å²) in [7, 11) is -3.15. The molecule has 0 bridgehead atoms. The fourth-order valence-electron chi connectivity index (χ4n) is 14.7. The molecule has 0 radical (unpaired) electrons. The number of nitrogens with zero attached hydrogens (tertiary/aromatic N) is 1. The zero-order valence-corrected chi connectivity index (χ0v) is 34.4. The molecule has 1 aliphatic heterocycles. The molecule has 52 heavy (non-hydrogen) atoms. The molecule has 3 unspecified atom stereocenters. The first-order chi connectivity index (χ1) is 24.4. The summed E-state index contributed by atoms with van der Waals surface area (Å²) in [5.74, 6) is 3.30. The second-order valence-electron chi connectivity index (χ2n) is 20.0. The number of carboxylic acids is 1. The number of aromatic carboxylic acids is 1. The van der Waals surface area contributed by atoms with Gasteiger partial charge in [-0.05, 0) is 151 Å². The first-order valence-electron chi connectivity index (χ1n) is 20.9. The van der Waals surface area contributed by atoms with Crippen LogP contribution in [0.3, 0.4) is 0 Å². The third kappa shape index (κ3) is 5.98. The van der Waals surface area contributed by atoms with Crippen molar-refractivity contribution in [2.24, 2.45) is 57.2 Å². The lowest BCUT2D eigenvalue weighted by atomic mass is 9.33. The zero-order chi connectivity index (χ0) is 37.5. The Morgan fingerprint density at radius 1 is 0.904 bits per heavy atom. The van der Waals surface area contributed by atoms with Crippen molar-refractivity contribution in [1.29, 1.82) is 0 Å². The van der Waals surface area contributed by atoms with Crippen LogP contribution < -0.4 is 10.6 Å². The number of hydrogen-bond donors (Lipinski definition) is 3. The van der Waals surface area contributed by atoms with Gasteiger partial charge in [0.25, 0.3) is 0 Å². The molecule has 0 amide bonds. The molecule has 4 saturated carbocycles. The van der Waals surface area contributed by atoms with E-state index >= 15 is 0 Å². The van der Waals surface area contributed by atoms with Crippen LogP contribution in [-0.2, 0) is 10.0 Å². The fraction of sp³-hybridized carbons (Fsp3) is 0.795. The van der Waals surface area contributed by atoms with Crippen LogP contribution in [0.2, 0.25) is 0 Å². The molecular weight excluding hydrogens is 667 g/mol. The third-order valence-electron chi connectivity index (χ3n) is 17.3. The maximum absolute atomic E-state index is 12.3. The van der Waals surface area contributed by atoms with E-state index in [-0.39, 0.29) is 22.4 Å². The molecule has 0 aromatic heterocycles. The van der Waals surface area contributed by atoms with Crippen molar-refractivity contribution in [3.8, 4) is 0 Å². The predicted octanol–water partition coefficient (Wildman–Crippen LogP) is 8.47. The molecule has 8 heteroatoms. The van der Waals surface area contributed by atoms with Crippen LogP contribution in [-0.4, -0.2) is 67.8 Å². The molecule has 7 rings (SSSR count). The third-order valence-corrected chi connectivity index (χ3v) is 18.6. The van der Waals surface area contributed by atoms with Crippen LogP contribution in [0.4, 0.5) is 0 Å². The minimum Gasteiger partial charge on any atom is -0.478 e. The Morgan fingerprint density at radius 3 is 2.31 bits per heavy atom. The van der Waals surface area contributed by atoms with Crippen LogP contribution >= 0.6 is 0 Å². The van der Waals surface area contributed by atoms with Crippen LogP contribution in [0, 0.1) is 57.2 Å². The molecule has 7 nitrogen and oxygen atoms in total. The molecule has 1 aromatic rings. The molecule has 1 heterocycles. The van der Waals surface area contributed by atoms with Crippen LogP contribution in [0.15, 0.2) is 30.3 Å². The highest BCUT2D eigenvalue weighted by Gasteiger charge is 2.70. The lowest BCUT2D eigenvalue weighted by Crippen LogP contribution is -2.68. The maximum Gasteiger partial charge on any atom is 0.335 e. The maximum atomic E-state index is 12.3. The monoisotopic (exact) mass is 736 g/mol. The Labute approximate surface area is 315 Å². The van der Waals surface area contributed by atoms with Crippen molar-refractivity contribution >= 4 is 21.6 Å².